The van der Waals surface area contributed by atoms with E-state index in [0.717, 1.165) is 0 Å². The van der Waals surface area contributed by atoms with Crippen LogP contribution in [0.1, 0.15) is 5.69 Å². The Kier molecular flexibility index (Phi) is 5.51. The van der Waals surface area contributed by atoms with Crippen molar-refractivity contribution < 1.29 is 44.3 Å². The maximum Gasteiger partial charge on any atom is 0.573 e. The van der Waals surface area contributed by atoms with Crippen molar-refractivity contribution in [1.82, 2.24) is 9.55 Å². The summed E-state index contributed by atoms with van der Waals surface area (Å²) in [5.41, 5.74) is -4.95. The first-order valence-electron chi connectivity index (χ1n) is 6.71. The Bertz CT molecular complexity index is 940. The lowest BCUT2D eigenvalue weighted by atomic mass is 10.2. The first-order valence-corrected chi connectivity index (χ1v) is 7.15. The van der Waals surface area contributed by atoms with Crippen LogP contribution in [0.15, 0.2) is 29.3 Å². The van der Waals surface area contributed by atoms with E-state index in [0.29, 0.717) is 6.07 Å². The van der Waals surface area contributed by atoms with Crippen LogP contribution in [0.25, 0.3) is 5.69 Å². The number of ether oxygens (including phenoxy) is 1. The normalized spacial score (nSPS) is 12.8. The highest BCUT2D eigenvalue weighted by Gasteiger charge is 2.60. The number of nitrogens with one attached hydrogen (secondary N) is 1. The number of anilines is 1. The summed E-state index contributed by atoms with van der Waals surface area (Å²) in [4.78, 5) is 14.8. The summed E-state index contributed by atoms with van der Waals surface area (Å²) in [6.45, 7) is 0. The van der Waals surface area contributed by atoms with Crippen LogP contribution in [0.2, 0.25) is 0 Å². The van der Waals surface area contributed by atoms with Gasteiger partial charge in [0, 0.05) is 18.2 Å². The summed E-state index contributed by atoms with van der Waals surface area (Å²) in [6.07, 6.45) is -11.1. The summed E-state index contributed by atoms with van der Waals surface area (Å²) in [6, 6.07) is 0.584. The standard InChI is InChI=1S/C13H6F9N3O2S/c14-6-1-5(27-13(20,21)22)2-7(24-28)10(6)25-4-23-8(3-9(25)26)11(15,16)12(17,18)19/h1-4,24,28H. The largest absolute Gasteiger partial charge is 0.573 e. The van der Waals surface area contributed by atoms with Gasteiger partial charge in [0.05, 0.1) is 5.69 Å². The number of rotatable bonds is 4. The van der Waals surface area contributed by atoms with Crippen molar-refractivity contribution in [2.75, 3.05) is 4.72 Å². The molecule has 0 aliphatic rings. The molecular formula is C13H6F9N3O2S. The van der Waals surface area contributed by atoms with Crippen molar-refractivity contribution in [3.05, 3.63) is 46.4 Å². The van der Waals surface area contributed by atoms with Crippen LogP contribution in [0, 0.1) is 5.82 Å². The molecule has 28 heavy (non-hydrogen) atoms. The van der Waals surface area contributed by atoms with Gasteiger partial charge in [0.2, 0.25) is 0 Å². The number of alkyl halides is 8. The highest BCUT2D eigenvalue weighted by molar-refractivity contribution is 7.81. The van der Waals surface area contributed by atoms with E-state index in [1.54, 1.807) is 0 Å². The minimum Gasteiger partial charge on any atom is -0.406 e. The van der Waals surface area contributed by atoms with E-state index in [2.05, 4.69) is 22.5 Å². The van der Waals surface area contributed by atoms with Crippen molar-refractivity contribution in [2.45, 2.75) is 18.5 Å². The maximum atomic E-state index is 14.2. The van der Waals surface area contributed by atoms with E-state index < -0.39 is 52.7 Å². The number of hydrogen-bond acceptors (Lipinski definition) is 5. The van der Waals surface area contributed by atoms with Gasteiger partial charge in [-0.05, 0) is 0 Å². The number of halogens is 9. The van der Waals surface area contributed by atoms with Crippen molar-refractivity contribution in [3.8, 4) is 11.4 Å². The Hall–Kier alpha value is -2.58. The van der Waals surface area contributed by atoms with Gasteiger partial charge in [-0.25, -0.2) is 9.37 Å². The van der Waals surface area contributed by atoms with Crippen LogP contribution in [0.3, 0.4) is 0 Å². The molecule has 1 aromatic carbocycles. The molecule has 2 rings (SSSR count). The fourth-order valence-corrected chi connectivity index (χ4v) is 2.15. The van der Waals surface area contributed by atoms with Crippen molar-refractivity contribution >= 4 is 18.5 Å². The molecule has 0 radical (unpaired) electrons. The third-order valence-corrected chi connectivity index (χ3v) is 3.36. The zero-order valence-corrected chi connectivity index (χ0v) is 13.8. The summed E-state index contributed by atoms with van der Waals surface area (Å²) in [5, 5.41) is 0. The van der Waals surface area contributed by atoms with Crippen LogP contribution >= 0.6 is 12.8 Å². The second-order valence-electron chi connectivity index (χ2n) is 5.02. The molecule has 0 aliphatic carbocycles. The Balaban J connectivity index is 2.58. The minimum atomic E-state index is -6.04. The zero-order chi connectivity index (χ0) is 21.5. The van der Waals surface area contributed by atoms with Crippen LogP contribution in [0.4, 0.5) is 45.2 Å². The molecule has 15 heteroatoms. The van der Waals surface area contributed by atoms with Crippen LogP contribution in [-0.4, -0.2) is 22.1 Å². The Labute approximate surface area is 154 Å². The Morgan fingerprint density at radius 3 is 2.11 bits per heavy atom. The molecule has 0 atom stereocenters. The second-order valence-corrected chi connectivity index (χ2v) is 5.24. The predicted molar refractivity (Wildman–Crippen MR) is 79.0 cm³/mol. The SMILES string of the molecule is O=c1cc(C(F)(F)C(F)(F)F)ncn1-c1c(F)cc(OC(F)(F)F)cc1NS. The molecule has 0 spiro atoms. The topological polar surface area (TPSA) is 56.2 Å². The van der Waals surface area contributed by atoms with Crippen LogP contribution < -0.4 is 15.0 Å². The Morgan fingerprint density at radius 2 is 1.64 bits per heavy atom. The second kappa shape index (κ2) is 7.10. The van der Waals surface area contributed by atoms with E-state index in [1.165, 1.54) is 0 Å². The van der Waals surface area contributed by atoms with E-state index >= 15 is 0 Å². The molecule has 1 heterocycles. The highest BCUT2D eigenvalue weighted by Crippen LogP contribution is 2.42. The van der Waals surface area contributed by atoms with Gasteiger partial charge in [0.15, 0.2) is 5.82 Å². The number of nitrogens with zero attached hydrogens (tertiary/aromatic N) is 2. The number of thiol groups is 1. The van der Waals surface area contributed by atoms with Gasteiger partial charge in [0.25, 0.3) is 5.56 Å². The van der Waals surface area contributed by atoms with Crippen LogP contribution in [-0.2, 0) is 5.92 Å². The monoisotopic (exact) mass is 439 g/mol. The van der Waals surface area contributed by atoms with Gasteiger partial charge in [-0.3, -0.25) is 9.36 Å². The number of aromatic nitrogens is 2. The summed E-state index contributed by atoms with van der Waals surface area (Å²) in [7, 11) is 0. The maximum absolute atomic E-state index is 14.2. The molecule has 1 N–H and O–H groups in total. The summed E-state index contributed by atoms with van der Waals surface area (Å²) in [5.74, 6) is -8.03. The van der Waals surface area contributed by atoms with Gasteiger partial charge in [-0.1, -0.05) is 12.8 Å². The fraction of sp³-hybridized carbons (Fsp3) is 0.231. The van der Waals surface area contributed by atoms with Gasteiger partial charge < -0.3 is 9.46 Å². The summed E-state index contributed by atoms with van der Waals surface area (Å²) >= 11 is 3.52. The molecule has 0 aliphatic heterocycles. The molecule has 0 amide bonds. The van der Waals surface area contributed by atoms with Gasteiger partial charge in [-0.15, -0.1) is 13.2 Å². The van der Waals surface area contributed by atoms with Gasteiger partial charge >= 0.3 is 18.5 Å². The quantitative estimate of drug-likeness (QED) is 0.555. The first-order chi connectivity index (χ1) is 12.7. The third-order valence-electron chi connectivity index (χ3n) is 3.12. The van der Waals surface area contributed by atoms with E-state index in [4.69, 9.17) is 0 Å². The third kappa shape index (κ3) is 4.28. The fourth-order valence-electron chi connectivity index (χ4n) is 1.98. The number of benzene rings is 1. The predicted octanol–water partition coefficient (Wildman–Crippen LogP) is 4.18. The average Bonchev–Trinajstić information content (AvgIpc) is 2.52. The minimum absolute atomic E-state index is 0.161. The molecule has 5 nitrogen and oxygen atoms in total. The smallest absolute Gasteiger partial charge is 0.406 e. The van der Waals surface area contributed by atoms with Crippen molar-refractivity contribution in [2.24, 2.45) is 0 Å². The lowest BCUT2D eigenvalue weighted by molar-refractivity contribution is -0.291. The molecule has 154 valence electrons. The van der Waals surface area contributed by atoms with E-state index in [-0.39, 0.29) is 23.0 Å². The van der Waals surface area contributed by atoms with E-state index in [1.807, 2.05) is 4.72 Å². The summed E-state index contributed by atoms with van der Waals surface area (Å²) < 4.78 is 120. The average molecular weight is 439 g/mol. The first kappa shape index (κ1) is 21.7. The zero-order valence-electron chi connectivity index (χ0n) is 12.9. The molecule has 0 saturated carbocycles. The van der Waals surface area contributed by atoms with Gasteiger partial charge in [0.1, 0.15) is 23.5 Å². The van der Waals surface area contributed by atoms with Crippen LogP contribution in [0.5, 0.6) is 5.75 Å². The van der Waals surface area contributed by atoms with Crippen molar-refractivity contribution in [1.29, 1.82) is 0 Å². The molecule has 2 aromatic rings. The molecule has 0 bridgehead atoms. The van der Waals surface area contributed by atoms with Gasteiger partial charge in [-0.2, -0.15) is 22.0 Å². The lowest BCUT2D eigenvalue weighted by Gasteiger charge is -2.19. The highest BCUT2D eigenvalue weighted by atomic mass is 32.1. The molecule has 1 aromatic heterocycles. The van der Waals surface area contributed by atoms with Crippen molar-refractivity contribution in [3.63, 3.8) is 0 Å². The molecule has 0 saturated heterocycles. The van der Waals surface area contributed by atoms with E-state index in [9.17, 15) is 44.3 Å². The lowest BCUT2D eigenvalue weighted by Crippen LogP contribution is -2.36. The molecule has 0 fully saturated rings. The molecular weight excluding hydrogens is 433 g/mol. The number of hydrogen-bond donors (Lipinski definition) is 2. The Morgan fingerprint density at radius 1 is 1.04 bits per heavy atom. The molecule has 0 unspecified atom stereocenters.